The standard InChI is InChI=1S/C17H34O6P2/c1-7-22-16(18)14(17(19)23-8-2)13-15(24(20,9-3)10-4)25(21,11-5)12-6/h14-15H,7-13H2,1-6H3. The molecule has 8 heteroatoms. The van der Waals surface area contributed by atoms with E-state index < -0.39 is 37.5 Å². The fourth-order valence-electron chi connectivity index (χ4n) is 3.04. The molecule has 0 aromatic carbocycles. The van der Waals surface area contributed by atoms with Gasteiger partial charge in [0.25, 0.3) is 0 Å². The van der Waals surface area contributed by atoms with Crippen LogP contribution >= 0.6 is 14.3 Å². The maximum absolute atomic E-state index is 13.4. The van der Waals surface area contributed by atoms with E-state index in [0.29, 0.717) is 24.6 Å². The molecule has 0 aromatic rings. The van der Waals surface area contributed by atoms with Crippen LogP contribution in [0.15, 0.2) is 0 Å². The lowest BCUT2D eigenvalue weighted by Gasteiger charge is -2.34. The summed E-state index contributed by atoms with van der Waals surface area (Å²) >= 11 is 0. The van der Waals surface area contributed by atoms with E-state index in [1.807, 2.05) is 27.7 Å². The molecule has 0 aliphatic rings. The third-order valence-corrected chi connectivity index (χ3v) is 14.2. The van der Waals surface area contributed by atoms with E-state index >= 15 is 0 Å². The van der Waals surface area contributed by atoms with Gasteiger partial charge in [0, 0.05) is 0 Å². The molecule has 0 heterocycles. The Bertz CT molecular complexity index is 471. The molecule has 0 saturated carbocycles. The van der Waals surface area contributed by atoms with Gasteiger partial charge in [0.1, 0.15) is 0 Å². The van der Waals surface area contributed by atoms with Gasteiger partial charge in [-0.05, 0) is 44.9 Å². The summed E-state index contributed by atoms with van der Waals surface area (Å²) in [5, 5.41) is -0.649. The molecule has 148 valence electrons. The summed E-state index contributed by atoms with van der Waals surface area (Å²) in [6, 6.07) is 0. The summed E-state index contributed by atoms with van der Waals surface area (Å²) < 4.78 is 36.9. The second kappa shape index (κ2) is 11.2. The van der Waals surface area contributed by atoms with E-state index in [4.69, 9.17) is 9.47 Å². The average Bonchev–Trinajstić information content (AvgIpc) is 2.61. The van der Waals surface area contributed by atoms with Crippen molar-refractivity contribution in [2.45, 2.75) is 53.4 Å². The van der Waals surface area contributed by atoms with Crippen LogP contribution in [0.25, 0.3) is 0 Å². The van der Waals surface area contributed by atoms with E-state index in [9.17, 15) is 18.7 Å². The third-order valence-electron chi connectivity index (χ3n) is 4.82. The van der Waals surface area contributed by atoms with Gasteiger partial charge in [-0.1, -0.05) is 27.7 Å². The predicted molar refractivity (Wildman–Crippen MR) is 103 cm³/mol. The van der Waals surface area contributed by atoms with E-state index in [2.05, 4.69) is 0 Å². The van der Waals surface area contributed by atoms with Crippen LogP contribution in [-0.4, -0.2) is 55.2 Å². The molecule has 0 radical (unpaired) electrons. The molecule has 6 nitrogen and oxygen atoms in total. The van der Waals surface area contributed by atoms with Crippen molar-refractivity contribution in [3.05, 3.63) is 0 Å². The molecule has 0 amide bonds. The summed E-state index contributed by atoms with van der Waals surface area (Å²) in [7, 11) is -5.59. The Morgan fingerprint density at radius 2 is 1.04 bits per heavy atom. The summed E-state index contributed by atoms with van der Waals surface area (Å²) in [5.74, 6) is -2.56. The Morgan fingerprint density at radius 1 is 0.720 bits per heavy atom. The van der Waals surface area contributed by atoms with Gasteiger partial charge in [0.2, 0.25) is 0 Å². The number of esters is 2. The van der Waals surface area contributed by atoms with Crippen molar-refractivity contribution in [2.75, 3.05) is 37.9 Å². The monoisotopic (exact) mass is 396 g/mol. The van der Waals surface area contributed by atoms with Crippen LogP contribution in [-0.2, 0) is 28.2 Å². The minimum absolute atomic E-state index is 0.0322. The van der Waals surface area contributed by atoms with E-state index in [1.165, 1.54) is 0 Å². The van der Waals surface area contributed by atoms with Crippen LogP contribution in [0.5, 0.6) is 0 Å². The predicted octanol–water partition coefficient (Wildman–Crippen LogP) is 4.25. The molecule has 0 atom stereocenters. The van der Waals surface area contributed by atoms with Crippen molar-refractivity contribution >= 4 is 26.2 Å². The van der Waals surface area contributed by atoms with Crippen molar-refractivity contribution in [1.82, 2.24) is 0 Å². The van der Waals surface area contributed by atoms with E-state index in [0.717, 1.165) is 0 Å². The van der Waals surface area contributed by atoms with Gasteiger partial charge in [-0.25, -0.2) is 0 Å². The Labute approximate surface area is 152 Å². The zero-order valence-corrected chi connectivity index (χ0v) is 18.2. The lowest BCUT2D eigenvalue weighted by Crippen LogP contribution is -2.32. The maximum Gasteiger partial charge on any atom is 0.320 e. The zero-order chi connectivity index (χ0) is 19.7. The fourth-order valence-corrected chi connectivity index (χ4v) is 11.8. The van der Waals surface area contributed by atoms with Crippen molar-refractivity contribution in [3.63, 3.8) is 0 Å². The van der Waals surface area contributed by atoms with Crippen molar-refractivity contribution < 1.29 is 28.2 Å². The van der Waals surface area contributed by atoms with Gasteiger partial charge in [0.15, 0.2) is 5.92 Å². The van der Waals surface area contributed by atoms with Crippen LogP contribution in [0.1, 0.15) is 48.0 Å². The van der Waals surface area contributed by atoms with Crippen LogP contribution in [0, 0.1) is 5.92 Å². The number of carbonyl (C=O) groups excluding carboxylic acids is 2. The Hall–Kier alpha value is -0.600. The average molecular weight is 396 g/mol. The molecule has 0 bridgehead atoms. The van der Waals surface area contributed by atoms with E-state index in [-0.39, 0.29) is 19.6 Å². The molecule has 0 aliphatic carbocycles. The second-order valence-electron chi connectivity index (χ2n) is 5.94. The first kappa shape index (κ1) is 24.4. The minimum Gasteiger partial charge on any atom is -0.465 e. The van der Waals surface area contributed by atoms with Crippen molar-refractivity contribution in [2.24, 2.45) is 5.92 Å². The van der Waals surface area contributed by atoms with Gasteiger partial charge < -0.3 is 18.6 Å². The minimum atomic E-state index is -2.80. The summed E-state index contributed by atoms with van der Waals surface area (Å²) in [6.07, 6.45) is 1.57. The normalized spacial score (nSPS) is 12.5. The van der Waals surface area contributed by atoms with Crippen LogP contribution in [0.3, 0.4) is 0 Å². The molecule has 0 rings (SSSR count). The number of carbonyl (C=O) groups is 2. The first-order chi connectivity index (χ1) is 11.7. The smallest absolute Gasteiger partial charge is 0.320 e. The highest BCUT2D eigenvalue weighted by Gasteiger charge is 2.46. The zero-order valence-electron chi connectivity index (χ0n) is 16.4. The lowest BCUT2D eigenvalue weighted by molar-refractivity contribution is -0.161. The van der Waals surface area contributed by atoms with E-state index in [1.54, 1.807) is 13.8 Å². The van der Waals surface area contributed by atoms with Gasteiger partial charge in [-0.2, -0.15) is 0 Å². The maximum atomic E-state index is 13.4. The second-order valence-corrected chi connectivity index (χ2v) is 13.9. The van der Waals surface area contributed by atoms with Gasteiger partial charge >= 0.3 is 11.9 Å². The molecular formula is C17H34O6P2. The lowest BCUT2D eigenvalue weighted by atomic mass is 10.1. The van der Waals surface area contributed by atoms with Crippen molar-refractivity contribution in [3.8, 4) is 0 Å². The number of hydrogen-bond donors (Lipinski definition) is 0. The van der Waals surface area contributed by atoms with Gasteiger partial charge in [-0.3, -0.25) is 9.59 Å². The summed E-state index contributed by atoms with van der Waals surface area (Å²) in [5.41, 5.74) is 0. The molecule has 0 aromatic heterocycles. The first-order valence-electron chi connectivity index (χ1n) is 9.18. The highest BCUT2D eigenvalue weighted by Crippen LogP contribution is 2.69. The van der Waals surface area contributed by atoms with Crippen LogP contribution < -0.4 is 0 Å². The SMILES string of the molecule is CCOC(=O)C(CC(P(=O)(CC)CC)P(=O)(CC)CC)C(=O)OCC. The fraction of sp³-hybridized carbons (Fsp3) is 0.882. The molecule has 0 spiro atoms. The number of ether oxygens (including phenoxy) is 2. The van der Waals surface area contributed by atoms with Crippen LogP contribution in [0.4, 0.5) is 0 Å². The Morgan fingerprint density at radius 3 is 1.28 bits per heavy atom. The van der Waals surface area contributed by atoms with Gasteiger partial charge in [-0.15, -0.1) is 0 Å². The molecule has 0 saturated heterocycles. The molecule has 25 heavy (non-hydrogen) atoms. The summed E-state index contributed by atoms with van der Waals surface area (Å²) in [4.78, 5) is 24.6. The Kier molecular flexibility index (Phi) is 10.9. The quantitative estimate of drug-likeness (QED) is 0.278. The van der Waals surface area contributed by atoms with Crippen LogP contribution in [0.2, 0.25) is 0 Å². The van der Waals surface area contributed by atoms with Crippen molar-refractivity contribution in [1.29, 1.82) is 0 Å². The molecule has 0 N–H and O–H groups in total. The third kappa shape index (κ3) is 6.25. The summed E-state index contributed by atoms with van der Waals surface area (Å²) in [6.45, 7) is 10.9. The largest absolute Gasteiger partial charge is 0.465 e. The molecule has 0 aliphatic heterocycles. The Balaban J connectivity index is 5.98. The topological polar surface area (TPSA) is 86.7 Å². The number of rotatable bonds is 12. The van der Waals surface area contributed by atoms with Gasteiger partial charge in [0.05, 0.1) is 32.9 Å². The number of hydrogen-bond acceptors (Lipinski definition) is 6. The molecule has 0 fully saturated rings. The first-order valence-corrected chi connectivity index (χ1v) is 13.5. The molecular weight excluding hydrogens is 362 g/mol. The highest BCUT2D eigenvalue weighted by molar-refractivity contribution is 7.81. The molecule has 0 unspecified atom stereocenters. The highest BCUT2D eigenvalue weighted by atomic mass is 31.2.